The van der Waals surface area contributed by atoms with Crippen molar-refractivity contribution >= 4 is 10.4 Å². The van der Waals surface area contributed by atoms with Crippen LogP contribution in [0, 0.1) is 0 Å². The Morgan fingerprint density at radius 3 is 1.71 bits per heavy atom. The molecule has 0 radical (unpaired) electrons. The molecule has 0 aliphatic heterocycles. The number of hydrogen-bond acceptors (Lipinski definition) is 3. The Morgan fingerprint density at radius 2 is 1.71 bits per heavy atom. The van der Waals surface area contributed by atoms with E-state index in [1.807, 2.05) is 0 Å². The van der Waals surface area contributed by atoms with Crippen LogP contribution in [0.15, 0.2) is 0 Å². The minimum Gasteiger partial charge on any atom is -0.264 e. The SMILES string of the molecule is COS(=O)(=O)O.[K+]. The summed E-state index contributed by atoms with van der Waals surface area (Å²) in [4.78, 5) is 0. The summed E-state index contributed by atoms with van der Waals surface area (Å²) in [6.45, 7) is 0. The average molecular weight is 151 g/mol. The van der Waals surface area contributed by atoms with Crippen molar-refractivity contribution in [3.8, 4) is 0 Å². The first-order valence-electron chi connectivity index (χ1n) is 1.09. The molecular formula is CH4KO4S+. The van der Waals surface area contributed by atoms with E-state index in [0.717, 1.165) is 7.11 Å². The van der Waals surface area contributed by atoms with Crippen LogP contribution >= 0.6 is 0 Å². The zero-order valence-electron chi connectivity index (χ0n) is 4.08. The van der Waals surface area contributed by atoms with E-state index < -0.39 is 10.4 Å². The molecule has 0 atom stereocenters. The second-order valence-electron chi connectivity index (χ2n) is 0.594. The fourth-order valence-electron chi connectivity index (χ4n) is 0. The van der Waals surface area contributed by atoms with Gasteiger partial charge in [0.25, 0.3) is 0 Å². The van der Waals surface area contributed by atoms with Crippen LogP contribution in [0.3, 0.4) is 0 Å². The van der Waals surface area contributed by atoms with Gasteiger partial charge in [0, 0.05) is 0 Å². The maximum absolute atomic E-state index is 9.33. The fourth-order valence-corrected chi connectivity index (χ4v) is 0. The molecule has 0 spiro atoms. The van der Waals surface area contributed by atoms with E-state index in [4.69, 9.17) is 4.55 Å². The summed E-state index contributed by atoms with van der Waals surface area (Å²) in [7, 11) is -3.29. The number of rotatable bonds is 1. The fraction of sp³-hybridized carbons (Fsp3) is 1.00. The smallest absolute Gasteiger partial charge is 0.264 e. The Labute approximate surface area is 84.6 Å². The predicted molar refractivity (Wildman–Crippen MR) is 18.6 cm³/mol. The molecule has 0 amide bonds. The molecule has 7 heavy (non-hydrogen) atoms. The quantitative estimate of drug-likeness (QED) is 0.311. The largest absolute Gasteiger partial charge is 1.00 e. The molecule has 0 bridgehead atoms. The van der Waals surface area contributed by atoms with Crippen LogP contribution in [-0.4, -0.2) is 20.1 Å². The van der Waals surface area contributed by atoms with E-state index in [1.54, 1.807) is 0 Å². The van der Waals surface area contributed by atoms with Crippen LogP contribution in [0.2, 0.25) is 0 Å². The van der Waals surface area contributed by atoms with Gasteiger partial charge in [0.05, 0.1) is 7.11 Å². The van der Waals surface area contributed by atoms with Gasteiger partial charge in [-0.15, -0.1) is 0 Å². The maximum atomic E-state index is 9.33. The molecule has 0 aliphatic carbocycles. The molecule has 0 saturated carbocycles. The molecule has 0 unspecified atom stereocenters. The minimum atomic E-state index is -4.16. The molecule has 4 nitrogen and oxygen atoms in total. The van der Waals surface area contributed by atoms with Crippen LogP contribution in [0.4, 0.5) is 0 Å². The Balaban J connectivity index is 0. The van der Waals surface area contributed by atoms with Crippen molar-refractivity contribution in [3.05, 3.63) is 0 Å². The van der Waals surface area contributed by atoms with Gasteiger partial charge < -0.3 is 0 Å². The Bertz CT molecular complexity index is 114. The van der Waals surface area contributed by atoms with E-state index in [1.165, 1.54) is 0 Å². The normalized spacial score (nSPS) is 10.0. The second-order valence-corrected chi connectivity index (χ2v) is 1.78. The summed E-state index contributed by atoms with van der Waals surface area (Å²) in [6.07, 6.45) is 0. The monoisotopic (exact) mass is 151 g/mol. The molecule has 0 rings (SSSR count). The number of hydrogen-bond donors (Lipinski definition) is 1. The van der Waals surface area contributed by atoms with Crippen LogP contribution < -0.4 is 51.4 Å². The summed E-state index contributed by atoms with van der Waals surface area (Å²) in [5.74, 6) is 0. The minimum absolute atomic E-state index is 0. The van der Waals surface area contributed by atoms with Crippen molar-refractivity contribution in [1.29, 1.82) is 0 Å². The van der Waals surface area contributed by atoms with E-state index in [0.29, 0.717) is 0 Å². The Kier molecular flexibility index (Phi) is 7.10. The van der Waals surface area contributed by atoms with Crippen LogP contribution in [0.1, 0.15) is 0 Å². The standard InChI is InChI=1S/CH4O4S.K/c1-5-6(2,3)4;/h1H3,(H,2,3,4);/q;+1. The van der Waals surface area contributed by atoms with Crippen molar-refractivity contribution < 1.29 is 68.5 Å². The first-order valence-corrected chi connectivity index (χ1v) is 2.46. The molecule has 1 N–H and O–H groups in total. The average Bonchev–Trinajstić information content (AvgIpc) is 1.35. The second kappa shape index (κ2) is 4.39. The zero-order valence-corrected chi connectivity index (χ0v) is 8.02. The van der Waals surface area contributed by atoms with Crippen molar-refractivity contribution in [2.45, 2.75) is 0 Å². The molecule has 6 heteroatoms. The summed E-state index contributed by atoms with van der Waals surface area (Å²) in [5, 5.41) is 0. The first kappa shape index (κ1) is 11.3. The molecule has 0 heterocycles. The zero-order chi connectivity index (χ0) is 5.21. The topological polar surface area (TPSA) is 63.6 Å². The Morgan fingerprint density at radius 1 is 1.57 bits per heavy atom. The third-order valence-corrected chi connectivity index (χ3v) is 0.632. The van der Waals surface area contributed by atoms with Crippen molar-refractivity contribution in [2.24, 2.45) is 0 Å². The van der Waals surface area contributed by atoms with Gasteiger partial charge in [0.15, 0.2) is 0 Å². The van der Waals surface area contributed by atoms with Gasteiger partial charge in [0.1, 0.15) is 0 Å². The van der Waals surface area contributed by atoms with Crippen LogP contribution in [0.5, 0.6) is 0 Å². The summed E-state index contributed by atoms with van der Waals surface area (Å²) in [6, 6.07) is 0. The first-order chi connectivity index (χ1) is 2.56. The molecule has 0 fully saturated rings. The molecule has 38 valence electrons. The molecule has 0 aromatic rings. The van der Waals surface area contributed by atoms with Crippen molar-refractivity contribution in [2.75, 3.05) is 7.11 Å². The van der Waals surface area contributed by atoms with Gasteiger partial charge in [-0.3, -0.25) is 8.74 Å². The summed E-state index contributed by atoms with van der Waals surface area (Å²) in [5.41, 5.74) is 0. The van der Waals surface area contributed by atoms with Gasteiger partial charge >= 0.3 is 61.8 Å². The maximum Gasteiger partial charge on any atom is 1.00 e. The molecule has 0 aromatic heterocycles. The third-order valence-electron chi connectivity index (χ3n) is 0.211. The van der Waals surface area contributed by atoms with E-state index >= 15 is 0 Å². The van der Waals surface area contributed by atoms with Gasteiger partial charge in [-0.2, -0.15) is 8.42 Å². The van der Waals surface area contributed by atoms with Gasteiger partial charge in [-0.05, 0) is 0 Å². The van der Waals surface area contributed by atoms with Crippen LogP contribution in [-0.2, 0) is 14.6 Å². The van der Waals surface area contributed by atoms with Crippen LogP contribution in [0.25, 0.3) is 0 Å². The molecule has 0 aromatic carbocycles. The van der Waals surface area contributed by atoms with Gasteiger partial charge in [0.2, 0.25) is 0 Å². The van der Waals surface area contributed by atoms with E-state index in [2.05, 4.69) is 4.18 Å². The predicted octanol–water partition coefficient (Wildman–Crippen LogP) is -3.56. The third kappa shape index (κ3) is 11.2. The summed E-state index contributed by atoms with van der Waals surface area (Å²) < 4.78 is 29.7. The summed E-state index contributed by atoms with van der Waals surface area (Å²) >= 11 is 0. The molecular weight excluding hydrogens is 147 g/mol. The molecule has 0 saturated heterocycles. The van der Waals surface area contributed by atoms with E-state index in [-0.39, 0.29) is 51.4 Å². The van der Waals surface area contributed by atoms with Crippen molar-refractivity contribution in [3.63, 3.8) is 0 Å². The van der Waals surface area contributed by atoms with E-state index in [9.17, 15) is 8.42 Å². The van der Waals surface area contributed by atoms with Gasteiger partial charge in [-0.25, -0.2) is 0 Å². The Hall–Kier alpha value is 1.51. The molecule has 0 aliphatic rings. The van der Waals surface area contributed by atoms with Gasteiger partial charge in [-0.1, -0.05) is 0 Å². The van der Waals surface area contributed by atoms with Crippen molar-refractivity contribution in [1.82, 2.24) is 0 Å².